The third-order valence-electron chi connectivity index (χ3n) is 5.44. The van der Waals surface area contributed by atoms with Crippen LogP contribution in [0.2, 0.25) is 5.02 Å². The van der Waals surface area contributed by atoms with E-state index in [4.69, 9.17) is 21.1 Å². The molecule has 7 nitrogen and oxygen atoms in total. The Morgan fingerprint density at radius 2 is 1.77 bits per heavy atom. The summed E-state index contributed by atoms with van der Waals surface area (Å²) in [6.45, 7) is 1.34. The van der Waals surface area contributed by atoms with Crippen molar-refractivity contribution in [1.29, 1.82) is 0 Å². The Kier molecular flexibility index (Phi) is 7.94. The van der Waals surface area contributed by atoms with E-state index in [1.54, 1.807) is 26.4 Å². The summed E-state index contributed by atoms with van der Waals surface area (Å²) in [7, 11) is -0.561. The van der Waals surface area contributed by atoms with Gasteiger partial charge in [0.05, 0.1) is 17.9 Å². The fraction of sp³-hybridized carbons (Fsp3) is 0.409. The molecule has 0 bridgehead atoms. The number of carbonyl (C=O) groups is 1. The van der Waals surface area contributed by atoms with Crippen molar-refractivity contribution in [2.24, 2.45) is 5.92 Å². The summed E-state index contributed by atoms with van der Waals surface area (Å²) >= 11 is 5.90. The predicted molar refractivity (Wildman–Crippen MR) is 119 cm³/mol. The molecular weight excluding hydrogens is 440 g/mol. The normalized spacial score (nSPS) is 19.3. The number of nitrogens with zero attached hydrogens (tertiary/aromatic N) is 1. The molecule has 2 aromatic carbocycles. The summed E-state index contributed by atoms with van der Waals surface area (Å²) in [6, 6.07) is 13.5. The minimum Gasteiger partial charge on any atom is -0.497 e. The number of benzene rings is 2. The van der Waals surface area contributed by atoms with Gasteiger partial charge in [0.25, 0.3) is 0 Å². The number of rotatable bonds is 9. The molecule has 3 rings (SSSR count). The van der Waals surface area contributed by atoms with E-state index in [1.165, 1.54) is 16.4 Å². The third kappa shape index (κ3) is 5.57. The van der Waals surface area contributed by atoms with Gasteiger partial charge < -0.3 is 14.8 Å². The first-order chi connectivity index (χ1) is 14.9. The van der Waals surface area contributed by atoms with Crippen molar-refractivity contribution in [3.63, 3.8) is 0 Å². The molecule has 1 amide bonds. The van der Waals surface area contributed by atoms with E-state index >= 15 is 0 Å². The van der Waals surface area contributed by atoms with E-state index in [9.17, 15) is 13.2 Å². The van der Waals surface area contributed by atoms with E-state index < -0.39 is 15.9 Å². The highest BCUT2D eigenvalue weighted by atomic mass is 35.5. The first-order valence-corrected chi connectivity index (χ1v) is 11.8. The molecule has 168 valence electrons. The number of carbonyl (C=O) groups excluding carboxylic acids is 1. The number of hydrogen-bond acceptors (Lipinski definition) is 5. The summed E-state index contributed by atoms with van der Waals surface area (Å²) in [5.74, 6) is -0.230. The molecule has 1 fully saturated rings. The molecule has 1 aliphatic heterocycles. The minimum absolute atomic E-state index is 0.109. The molecule has 1 heterocycles. The Hall–Kier alpha value is -2.13. The van der Waals surface area contributed by atoms with Crippen LogP contribution in [0.25, 0.3) is 0 Å². The van der Waals surface area contributed by atoms with Gasteiger partial charge in [-0.15, -0.1) is 0 Å². The molecule has 9 heteroatoms. The summed E-state index contributed by atoms with van der Waals surface area (Å²) in [4.78, 5) is 13.1. The Bertz CT molecular complexity index is 980. The van der Waals surface area contributed by atoms with Crippen molar-refractivity contribution in [1.82, 2.24) is 9.62 Å². The quantitative estimate of drug-likeness (QED) is 0.574. The van der Waals surface area contributed by atoms with Crippen molar-refractivity contribution in [2.75, 3.05) is 40.5 Å². The van der Waals surface area contributed by atoms with Gasteiger partial charge in [0, 0.05) is 44.3 Å². The van der Waals surface area contributed by atoms with E-state index in [1.807, 2.05) is 24.3 Å². The zero-order chi connectivity index (χ0) is 22.4. The number of amides is 1. The number of nitrogens with one attached hydrogen (secondary N) is 1. The number of halogens is 1. The number of methoxy groups -OCH3 is 2. The molecule has 0 aliphatic carbocycles. The van der Waals surface area contributed by atoms with Gasteiger partial charge in [-0.05, 0) is 48.4 Å². The molecule has 0 aromatic heterocycles. The van der Waals surface area contributed by atoms with Crippen LogP contribution in [0.3, 0.4) is 0 Å². The average Bonchev–Trinajstić information content (AvgIpc) is 3.23. The molecule has 1 saturated heterocycles. The molecule has 0 spiro atoms. The summed E-state index contributed by atoms with van der Waals surface area (Å²) in [5, 5.41) is 3.38. The SMILES string of the molecule is COCCCNC(=O)[C@H]1CN(S(=O)(=O)c2ccc(Cl)cc2)C[C@H]1c1ccc(OC)cc1. The highest BCUT2D eigenvalue weighted by Crippen LogP contribution is 2.36. The average molecular weight is 467 g/mol. The van der Waals surface area contributed by atoms with E-state index in [0.29, 0.717) is 30.3 Å². The van der Waals surface area contributed by atoms with Crippen LogP contribution >= 0.6 is 11.6 Å². The van der Waals surface area contributed by atoms with Gasteiger partial charge in [0.1, 0.15) is 5.75 Å². The Labute approximate surface area is 188 Å². The van der Waals surface area contributed by atoms with Crippen LogP contribution in [-0.2, 0) is 19.6 Å². The summed E-state index contributed by atoms with van der Waals surface area (Å²) < 4.78 is 38.0. The van der Waals surface area contributed by atoms with Crippen LogP contribution in [0.5, 0.6) is 5.75 Å². The maximum Gasteiger partial charge on any atom is 0.243 e. The van der Waals surface area contributed by atoms with Crippen molar-refractivity contribution in [3.8, 4) is 5.75 Å². The van der Waals surface area contributed by atoms with Gasteiger partial charge in [-0.2, -0.15) is 4.31 Å². The van der Waals surface area contributed by atoms with Crippen molar-refractivity contribution >= 4 is 27.5 Å². The molecular formula is C22H27ClN2O5S. The van der Waals surface area contributed by atoms with Crippen molar-refractivity contribution in [3.05, 3.63) is 59.1 Å². The molecule has 1 aliphatic rings. The molecule has 0 radical (unpaired) electrons. The lowest BCUT2D eigenvalue weighted by atomic mass is 9.88. The van der Waals surface area contributed by atoms with E-state index in [-0.39, 0.29) is 29.8 Å². The Balaban J connectivity index is 1.85. The first kappa shape index (κ1) is 23.5. The van der Waals surface area contributed by atoms with Crippen molar-refractivity contribution in [2.45, 2.75) is 17.2 Å². The predicted octanol–water partition coefficient (Wildman–Crippen LogP) is 2.91. The van der Waals surface area contributed by atoms with E-state index in [2.05, 4.69) is 5.32 Å². The van der Waals surface area contributed by atoms with Gasteiger partial charge in [-0.25, -0.2) is 8.42 Å². The molecule has 2 aromatic rings. The lowest BCUT2D eigenvalue weighted by molar-refractivity contribution is -0.124. The highest BCUT2D eigenvalue weighted by Gasteiger charge is 2.43. The lowest BCUT2D eigenvalue weighted by Crippen LogP contribution is -2.36. The number of ether oxygens (including phenoxy) is 2. The van der Waals surface area contributed by atoms with Crippen LogP contribution < -0.4 is 10.1 Å². The number of sulfonamides is 1. The molecule has 2 atom stereocenters. The highest BCUT2D eigenvalue weighted by molar-refractivity contribution is 7.89. The second-order valence-corrected chi connectivity index (χ2v) is 9.77. The maximum absolute atomic E-state index is 13.2. The Morgan fingerprint density at radius 3 is 2.39 bits per heavy atom. The summed E-state index contributed by atoms with van der Waals surface area (Å²) in [5.41, 5.74) is 0.895. The van der Waals surface area contributed by atoms with Crippen LogP contribution in [-0.4, -0.2) is 59.1 Å². The first-order valence-electron chi connectivity index (χ1n) is 10.0. The fourth-order valence-electron chi connectivity index (χ4n) is 3.73. The monoisotopic (exact) mass is 466 g/mol. The van der Waals surface area contributed by atoms with E-state index in [0.717, 1.165) is 5.56 Å². The third-order valence-corrected chi connectivity index (χ3v) is 7.54. The standard InChI is InChI=1S/C22H27ClN2O5S/c1-29-13-3-12-24-22(26)21-15-25(31(27,28)19-10-6-17(23)7-11-19)14-20(21)16-4-8-18(30-2)9-5-16/h4-11,20-21H,3,12-15H2,1-2H3,(H,24,26)/t20-,21-/m0/s1. The van der Waals surface area contributed by atoms with Crippen LogP contribution in [0, 0.1) is 5.92 Å². The molecule has 1 N–H and O–H groups in total. The van der Waals surface area contributed by atoms with Gasteiger partial charge in [0.15, 0.2) is 0 Å². The smallest absolute Gasteiger partial charge is 0.243 e. The maximum atomic E-state index is 13.2. The van der Waals surface area contributed by atoms with Crippen LogP contribution in [0.1, 0.15) is 17.9 Å². The van der Waals surface area contributed by atoms with Gasteiger partial charge in [-0.1, -0.05) is 23.7 Å². The van der Waals surface area contributed by atoms with Crippen molar-refractivity contribution < 1.29 is 22.7 Å². The zero-order valence-corrected chi connectivity index (χ0v) is 19.2. The molecule has 0 unspecified atom stereocenters. The van der Waals surface area contributed by atoms with Gasteiger partial charge >= 0.3 is 0 Å². The zero-order valence-electron chi connectivity index (χ0n) is 17.6. The lowest BCUT2D eigenvalue weighted by Gasteiger charge is -2.18. The fourth-order valence-corrected chi connectivity index (χ4v) is 5.35. The van der Waals surface area contributed by atoms with Gasteiger partial charge in [0.2, 0.25) is 15.9 Å². The summed E-state index contributed by atoms with van der Waals surface area (Å²) in [6.07, 6.45) is 0.689. The second-order valence-electron chi connectivity index (χ2n) is 7.40. The largest absolute Gasteiger partial charge is 0.497 e. The van der Waals surface area contributed by atoms with Crippen LogP contribution in [0.15, 0.2) is 53.4 Å². The molecule has 31 heavy (non-hydrogen) atoms. The topological polar surface area (TPSA) is 84.9 Å². The Morgan fingerprint density at radius 1 is 1.10 bits per heavy atom. The van der Waals surface area contributed by atoms with Gasteiger partial charge in [-0.3, -0.25) is 4.79 Å². The molecule has 0 saturated carbocycles. The number of hydrogen-bond donors (Lipinski definition) is 1. The van der Waals surface area contributed by atoms with Crippen LogP contribution in [0.4, 0.5) is 0 Å². The minimum atomic E-state index is -3.75. The second kappa shape index (κ2) is 10.5.